The van der Waals surface area contributed by atoms with E-state index in [1.165, 1.54) is 10.5 Å². The number of pyridine rings is 1. The van der Waals surface area contributed by atoms with E-state index in [1.54, 1.807) is 73.8 Å². The lowest BCUT2D eigenvalue weighted by atomic mass is 10.2. The van der Waals surface area contributed by atoms with Crippen molar-refractivity contribution >= 4 is 29.0 Å². The Bertz CT molecular complexity index is 1380. The number of urea groups is 1. The number of para-hydroxylation sites is 1. The van der Waals surface area contributed by atoms with E-state index >= 15 is 0 Å². The first kappa shape index (κ1) is 22.5. The van der Waals surface area contributed by atoms with Gasteiger partial charge in [-0.1, -0.05) is 18.2 Å². The normalized spacial score (nSPS) is 10.5. The van der Waals surface area contributed by atoms with E-state index in [-0.39, 0.29) is 24.3 Å². The second kappa shape index (κ2) is 10.3. The highest BCUT2D eigenvalue weighted by Crippen LogP contribution is 2.19. The zero-order valence-electron chi connectivity index (χ0n) is 18.4. The number of fused-ring (bicyclic) bond motifs is 1. The molecular formula is C25H22N4O5. The van der Waals surface area contributed by atoms with E-state index < -0.39 is 12.0 Å². The smallest absolute Gasteiger partial charge is 0.340 e. The number of ether oxygens (including phenoxy) is 2. The number of carbonyl (C=O) groups excluding carboxylic acids is 2. The molecule has 2 heterocycles. The molecule has 4 rings (SSSR count). The summed E-state index contributed by atoms with van der Waals surface area (Å²) >= 11 is 0. The van der Waals surface area contributed by atoms with Crippen molar-refractivity contribution in [1.29, 1.82) is 0 Å². The molecule has 2 aromatic heterocycles. The highest BCUT2D eigenvalue weighted by atomic mass is 16.5. The fourth-order valence-electron chi connectivity index (χ4n) is 3.23. The van der Waals surface area contributed by atoms with Gasteiger partial charge in [0.25, 0.3) is 5.56 Å². The number of nitrogens with one attached hydrogen (secondary N) is 2. The molecule has 0 saturated carbocycles. The van der Waals surface area contributed by atoms with Crippen molar-refractivity contribution in [3.8, 4) is 5.75 Å². The topological polar surface area (TPSA) is 111 Å². The lowest BCUT2D eigenvalue weighted by Gasteiger charge is -2.12. The molecule has 0 saturated heterocycles. The Hall–Kier alpha value is -4.66. The molecule has 4 aromatic rings. The third-order valence-corrected chi connectivity index (χ3v) is 4.79. The Balaban J connectivity index is 1.36. The summed E-state index contributed by atoms with van der Waals surface area (Å²) in [6, 6.07) is 19.6. The van der Waals surface area contributed by atoms with E-state index in [0.717, 1.165) is 0 Å². The first-order chi connectivity index (χ1) is 16.5. The molecule has 9 nitrogen and oxygen atoms in total. The summed E-state index contributed by atoms with van der Waals surface area (Å²) in [5.74, 6) is 0.0391. The molecule has 0 spiro atoms. The first-order valence-corrected chi connectivity index (χ1v) is 10.6. The van der Waals surface area contributed by atoms with Crippen LogP contribution in [-0.4, -0.2) is 28.0 Å². The quantitative estimate of drug-likeness (QED) is 0.404. The second-order valence-corrected chi connectivity index (χ2v) is 7.17. The Kier molecular flexibility index (Phi) is 6.83. The molecule has 0 aliphatic rings. The second-order valence-electron chi connectivity index (χ2n) is 7.17. The minimum Gasteiger partial charge on any atom is -0.487 e. The van der Waals surface area contributed by atoms with Crippen molar-refractivity contribution in [2.45, 2.75) is 13.5 Å². The van der Waals surface area contributed by atoms with Crippen LogP contribution in [0.3, 0.4) is 0 Å². The molecule has 0 aliphatic heterocycles. The van der Waals surface area contributed by atoms with Crippen LogP contribution in [-0.2, 0) is 11.3 Å². The van der Waals surface area contributed by atoms with Crippen LogP contribution in [0.2, 0.25) is 0 Å². The Labute approximate surface area is 195 Å². The zero-order chi connectivity index (χ0) is 23.9. The average molecular weight is 458 g/mol. The summed E-state index contributed by atoms with van der Waals surface area (Å²) in [5, 5.41) is 5.36. The number of carbonyl (C=O) groups is 2. The van der Waals surface area contributed by atoms with Gasteiger partial charge in [0.15, 0.2) is 0 Å². The molecule has 0 radical (unpaired) electrons. The predicted molar refractivity (Wildman–Crippen MR) is 127 cm³/mol. The molecule has 0 atom stereocenters. The van der Waals surface area contributed by atoms with Gasteiger partial charge in [-0.25, -0.2) is 14.6 Å². The van der Waals surface area contributed by atoms with Crippen LogP contribution in [0.5, 0.6) is 5.75 Å². The number of aromatic nitrogens is 2. The van der Waals surface area contributed by atoms with Gasteiger partial charge in [-0.05, 0) is 55.5 Å². The number of benzene rings is 2. The average Bonchev–Trinajstić information content (AvgIpc) is 2.84. The van der Waals surface area contributed by atoms with Gasteiger partial charge >= 0.3 is 12.0 Å². The molecule has 0 aliphatic carbocycles. The summed E-state index contributed by atoms with van der Waals surface area (Å²) in [7, 11) is 0. The summed E-state index contributed by atoms with van der Waals surface area (Å²) in [4.78, 5) is 41.1. The van der Waals surface area contributed by atoms with Crippen LogP contribution in [0, 0.1) is 0 Å². The third-order valence-electron chi connectivity index (χ3n) is 4.79. The number of amides is 2. The van der Waals surface area contributed by atoms with Gasteiger partial charge in [0.1, 0.15) is 18.0 Å². The van der Waals surface area contributed by atoms with Gasteiger partial charge in [-0.3, -0.25) is 9.20 Å². The number of hydrogen-bond acceptors (Lipinski definition) is 6. The van der Waals surface area contributed by atoms with Gasteiger partial charge < -0.3 is 20.1 Å². The molecule has 0 unspecified atom stereocenters. The summed E-state index contributed by atoms with van der Waals surface area (Å²) in [6.07, 6.45) is 1.66. The Morgan fingerprint density at radius 3 is 2.53 bits per heavy atom. The SMILES string of the molecule is CCOC(=O)c1ccccc1NC(=O)Nc1ccc(OCc2cc(=O)n3ccccc3n2)cc1. The van der Waals surface area contributed by atoms with E-state index in [1.807, 2.05) is 6.07 Å². The van der Waals surface area contributed by atoms with Crippen LogP contribution >= 0.6 is 0 Å². The number of nitrogens with zero attached hydrogens (tertiary/aromatic N) is 2. The number of rotatable bonds is 7. The fraction of sp³-hybridized carbons (Fsp3) is 0.120. The van der Waals surface area contributed by atoms with E-state index in [9.17, 15) is 14.4 Å². The maximum Gasteiger partial charge on any atom is 0.340 e. The first-order valence-electron chi connectivity index (χ1n) is 10.6. The zero-order valence-corrected chi connectivity index (χ0v) is 18.4. The molecule has 172 valence electrons. The lowest BCUT2D eigenvalue weighted by Crippen LogP contribution is -2.21. The van der Waals surface area contributed by atoms with Crippen molar-refractivity contribution in [2.75, 3.05) is 17.2 Å². The Morgan fingerprint density at radius 2 is 1.74 bits per heavy atom. The van der Waals surface area contributed by atoms with Crippen molar-refractivity contribution in [3.05, 3.63) is 101 Å². The van der Waals surface area contributed by atoms with Crippen LogP contribution in [0.25, 0.3) is 5.65 Å². The molecule has 0 bridgehead atoms. The number of anilines is 2. The van der Waals surface area contributed by atoms with Crippen molar-refractivity contribution in [2.24, 2.45) is 0 Å². The van der Waals surface area contributed by atoms with Crippen molar-refractivity contribution in [1.82, 2.24) is 9.38 Å². The number of hydrogen-bond donors (Lipinski definition) is 2. The van der Waals surface area contributed by atoms with Gasteiger partial charge in [-0.2, -0.15) is 0 Å². The van der Waals surface area contributed by atoms with E-state index in [2.05, 4.69) is 15.6 Å². The molecule has 0 fully saturated rings. The molecule has 2 aromatic carbocycles. The minimum absolute atomic E-state index is 0.124. The summed E-state index contributed by atoms with van der Waals surface area (Å²) in [5.41, 5.74) is 2.02. The minimum atomic E-state index is -0.511. The van der Waals surface area contributed by atoms with Crippen LogP contribution in [0.15, 0.2) is 83.8 Å². The predicted octanol–water partition coefficient (Wildman–Crippen LogP) is 4.09. The van der Waals surface area contributed by atoms with Crippen LogP contribution in [0.1, 0.15) is 23.0 Å². The lowest BCUT2D eigenvalue weighted by molar-refractivity contribution is 0.0527. The van der Waals surface area contributed by atoms with Gasteiger partial charge in [-0.15, -0.1) is 0 Å². The van der Waals surface area contributed by atoms with Crippen molar-refractivity contribution in [3.63, 3.8) is 0 Å². The molecular weight excluding hydrogens is 436 g/mol. The Morgan fingerprint density at radius 1 is 0.971 bits per heavy atom. The standard InChI is InChI=1S/C25H22N4O5/c1-2-33-24(31)20-7-3-4-8-21(20)28-25(32)27-17-10-12-19(13-11-17)34-16-18-15-23(30)29-14-6-5-9-22(29)26-18/h3-15H,2,16H2,1H3,(H2,27,28,32). The largest absolute Gasteiger partial charge is 0.487 e. The van der Waals surface area contributed by atoms with Gasteiger partial charge in [0.05, 0.1) is 23.6 Å². The molecule has 2 amide bonds. The third kappa shape index (κ3) is 5.39. The van der Waals surface area contributed by atoms with E-state index in [4.69, 9.17) is 9.47 Å². The maximum atomic E-state index is 12.4. The van der Waals surface area contributed by atoms with Crippen LogP contribution in [0.4, 0.5) is 16.2 Å². The molecule has 2 N–H and O–H groups in total. The fourth-order valence-corrected chi connectivity index (χ4v) is 3.23. The monoisotopic (exact) mass is 458 g/mol. The van der Waals surface area contributed by atoms with Gasteiger partial charge in [0, 0.05) is 18.0 Å². The summed E-state index contributed by atoms with van der Waals surface area (Å²) < 4.78 is 12.2. The van der Waals surface area contributed by atoms with Crippen LogP contribution < -0.4 is 20.9 Å². The van der Waals surface area contributed by atoms with E-state index in [0.29, 0.717) is 28.5 Å². The molecule has 34 heavy (non-hydrogen) atoms. The highest BCUT2D eigenvalue weighted by molar-refractivity contribution is 6.05. The van der Waals surface area contributed by atoms with Gasteiger partial charge in [0.2, 0.25) is 0 Å². The molecule has 9 heteroatoms. The van der Waals surface area contributed by atoms with Crippen molar-refractivity contribution < 1.29 is 19.1 Å². The highest BCUT2D eigenvalue weighted by Gasteiger charge is 2.14. The summed E-state index contributed by atoms with van der Waals surface area (Å²) in [6.45, 7) is 2.08. The number of esters is 1. The maximum absolute atomic E-state index is 12.4.